The number of benzene rings is 1. The van der Waals surface area contributed by atoms with Crippen LogP contribution in [0.2, 0.25) is 5.02 Å². The summed E-state index contributed by atoms with van der Waals surface area (Å²) in [5.41, 5.74) is 0.953. The van der Waals surface area contributed by atoms with Gasteiger partial charge in [0, 0.05) is 17.6 Å². The van der Waals surface area contributed by atoms with Gasteiger partial charge in [0.2, 0.25) is 11.8 Å². The van der Waals surface area contributed by atoms with Crippen molar-refractivity contribution in [2.24, 2.45) is 0 Å². The van der Waals surface area contributed by atoms with Crippen molar-refractivity contribution in [2.45, 2.75) is 18.9 Å². The van der Waals surface area contributed by atoms with E-state index < -0.39 is 6.04 Å². The van der Waals surface area contributed by atoms with Crippen LogP contribution in [0.1, 0.15) is 12.8 Å². The summed E-state index contributed by atoms with van der Waals surface area (Å²) in [5.74, 6) is -0.318. The van der Waals surface area contributed by atoms with Gasteiger partial charge in [0.25, 0.3) is 0 Å². The van der Waals surface area contributed by atoms with Crippen molar-refractivity contribution in [3.05, 3.63) is 35.5 Å². The molecule has 2 N–H and O–H groups in total. The van der Waals surface area contributed by atoms with Crippen LogP contribution in [-0.2, 0) is 9.59 Å². The van der Waals surface area contributed by atoms with Crippen LogP contribution >= 0.6 is 22.9 Å². The molecule has 0 bridgehead atoms. The standard InChI is InChI=1S/C14H12ClN3O2S/c15-9-3-1-2-8(6-9)11-7-16-14(21-11)18-13(20)10-4-5-12(19)17-10/h1-3,6-7,10H,4-5H2,(H,17,19)(H,16,18,20)/t10-/m1/s1. The summed E-state index contributed by atoms with van der Waals surface area (Å²) in [4.78, 5) is 28.2. The number of carbonyl (C=O) groups is 2. The SMILES string of the molecule is O=C1CC[C@H](C(=O)Nc2ncc(-c3cccc(Cl)c3)s2)N1. The molecular formula is C14H12ClN3O2S. The molecule has 1 aromatic carbocycles. The fraction of sp³-hybridized carbons (Fsp3) is 0.214. The average Bonchev–Trinajstić information content (AvgIpc) is 3.08. The molecule has 108 valence electrons. The van der Waals surface area contributed by atoms with Crippen molar-refractivity contribution >= 4 is 39.9 Å². The molecule has 0 radical (unpaired) electrons. The molecule has 2 heterocycles. The number of rotatable bonds is 3. The summed E-state index contributed by atoms with van der Waals surface area (Å²) in [6.07, 6.45) is 2.61. The first-order chi connectivity index (χ1) is 10.1. The molecule has 7 heteroatoms. The number of nitrogens with zero attached hydrogens (tertiary/aromatic N) is 1. The molecule has 3 rings (SSSR count). The van der Waals surface area contributed by atoms with Gasteiger partial charge in [0.05, 0.1) is 4.88 Å². The van der Waals surface area contributed by atoms with Crippen LogP contribution in [0.3, 0.4) is 0 Å². The highest BCUT2D eigenvalue weighted by atomic mass is 35.5. The highest BCUT2D eigenvalue weighted by molar-refractivity contribution is 7.19. The van der Waals surface area contributed by atoms with E-state index in [0.29, 0.717) is 23.0 Å². The van der Waals surface area contributed by atoms with Crippen LogP contribution in [0.4, 0.5) is 5.13 Å². The zero-order chi connectivity index (χ0) is 14.8. The van der Waals surface area contributed by atoms with Gasteiger partial charge < -0.3 is 10.6 Å². The Morgan fingerprint density at radius 1 is 1.48 bits per heavy atom. The molecule has 1 aromatic heterocycles. The topological polar surface area (TPSA) is 71.1 Å². The Morgan fingerprint density at radius 3 is 3.05 bits per heavy atom. The van der Waals surface area contributed by atoms with E-state index in [-0.39, 0.29) is 11.8 Å². The monoisotopic (exact) mass is 321 g/mol. The van der Waals surface area contributed by atoms with E-state index in [1.165, 1.54) is 11.3 Å². The molecule has 21 heavy (non-hydrogen) atoms. The van der Waals surface area contributed by atoms with Gasteiger partial charge in [-0.3, -0.25) is 9.59 Å². The maximum Gasteiger partial charge on any atom is 0.248 e. The smallest absolute Gasteiger partial charge is 0.248 e. The zero-order valence-corrected chi connectivity index (χ0v) is 12.5. The molecule has 1 aliphatic rings. The molecule has 1 atom stereocenters. The number of aromatic nitrogens is 1. The lowest BCUT2D eigenvalue weighted by atomic mass is 10.2. The molecule has 0 aliphatic carbocycles. The molecule has 1 fully saturated rings. The number of anilines is 1. The predicted octanol–water partition coefficient (Wildman–Crippen LogP) is 2.68. The predicted molar refractivity (Wildman–Crippen MR) is 82.4 cm³/mol. The summed E-state index contributed by atoms with van der Waals surface area (Å²) in [6.45, 7) is 0. The third kappa shape index (κ3) is 3.22. The molecule has 1 saturated heterocycles. The van der Waals surface area contributed by atoms with Gasteiger partial charge in [0.1, 0.15) is 6.04 Å². The summed E-state index contributed by atoms with van der Waals surface area (Å²) in [7, 11) is 0. The molecule has 0 unspecified atom stereocenters. The summed E-state index contributed by atoms with van der Waals surface area (Å²) in [6, 6.07) is 6.98. The lowest BCUT2D eigenvalue weighted by molar-refractivity contribution is -0.122. The maximum absolute atomic E-state index is 12.0. The van der Waals surface area contributed by atoms with Gasteiger partial charge in [-0.1, -0.05) is 35.1 Å². The highest BCUT2D eigenvalue weighted by Gasteiger charge is 2.27. The Labute approximate surface area is 130 Å². The Bertz CT molecular complexity index is 701. The summed E-state index contributed by atoms with van der Waals surface area (Å²) < 4.78 is 0. The minimum absolute atomic E-state index is 0.0890. The van der Waals surface area contributed by atoms with Gasteiger partial charge in [-0.05, 0) is 24.1 Å². The fourth-order valence-electron chi connectivity index (χ4n) is 2.11. The second-order valence-electron chi connectivity index (χ2n) is 4.69. The lowest BCUT2D eigenvalue weighted by Crippen LogP contribution is -2.37. The van der Waals surface area contributed by atoms with Crippen LogP contribution in [0.15, 0.2) is 30.5 Å². The van der Waals surface area contributed by atoms with Crippen LogP contribution in [0, 0.1) is 0 Å². The Balaban J connectivity index is 1.70. The average molecular weight is 322 g/mol. The van der Waals surface area contributed by atoms with Gasteiger partial charge in [0.15, 0.2) is 5.13 Å². The lowest BCUT2D eigenvalue weighted by Gasteiger charge is -2.08. The number of nitrogens with one attached hydrogen (secondary N) is 2. The minimum atomic E-state index is -0.462. The normalized spacial score (nSPS) is 17.6. The van der Waals surface area contributed by atoms with Gasteiger partial charge in [-0.15, -0.1) is 0 Å². The molecule has 2 amide bonds. The fourth-order valence-corrected chi connectivity index (χ4v) is 3.12. The Kier molecular flexibility index (Phi) is 3.90. The highest BCUT2D eigenvalue weighted by Crippen LogP contribution is 2.30. The van der Waals surface area contributed by atoms with E-state index in [2.05, 4.69) is 15.6 Å². The van der Waals surface area contributed by atoms with E-state index in [4.69, 9.17) is 11.6 Å². The molecule has 1 aliphatic heterocycles. The first kappa shape index (κ1) is 14.0. The van der Waals surface area contributed by atoms with E-state index in [1.54, 1.807) is 12.3 Å². The Hall–Kier alpha value is -1.92. The Morgan fingerprint density at radius 2 is 2.33 bits per heavy atom. The first-order valence-corrected chi connectivity index (χ1v) is 7.63. The van der Waals surface area contributed by atoms with Gasteiger partial charge in [-0.2, -0.15) is 0 Å². The molecule has 5 nitrogen and oxygen atoms in total. The third-order valence-electron chi connectivity index (χ3n) is 3.16. The van der Waals surface area contributed by atoms with Gasteiger partial charge in [-0.25, -0.2) is 4.98 Å². The summed E-state index contributed by atoms with van der Waals surface area (Å²) >= 11 is 7.33. The van der Waals surface area contributed by atoms with Crippen molar-refractivity contribution < 1.29 is 9.59 Å². The van der Waals surface area contributed by atoms with E-state index in [0.717, 1.165) is 10.4 Å². The van der Waals surface area contributed by atoms with E-state index in [1.807, 2.05) is 18.2 Å². The maximum atomic E-state index is 12.0. The molecule has 0 spiro atoms. The third-order valence-corrected chi connectivity index (χ3v) is 4.35. The number of halogens is 1. The van der Waals surface area contributed by atoms with Gasteiger partial charge >= 0.3 is 0 Å². The molecule has 0 saturated carbocycles. The minimum Gasteiger partial charge on any atom is -0.344 e. The van der Waals surface area contributed by atoms with Crippen LogP contribution in [0.5, 0.6) is 0 Å². The molecule has 2 aromatic rings. The van der Waals surface area contributed by atoms with Crippen molar-refractivity contribution in [3.8, 4) is 10.4 Å². The quantitative estimate of drug-likeness (QED) is 0.913. The zero-order valence-electron chi connectivity index (χ0n) is 10.9. The van der Waals surface area contributed by atoms with Crippen molar-refractivity contribution in [3.63, 3.8) is 0 Å². The van der Waals surface area contributed by atoms with Crippen LogP contribution in [0.25, 0.3) is 10.4 Å². The number of hydrogen-bond acceptors (Lipinski definition) is 4. The van der Waals surface area contributed by atoms with Crippen LogP contribution < -0.4 is 10.6 Å². The summed E-state index contributed by atoms with van der Waals surface area (Å²) in [5, 5.41) is 6.52. The van der Waals surface area contributed by atoms with Crippen molar-refractivity contribution in [1.29, 1.82) is 0 Å². The second-order valence-corrected chi connectivity index (χ2v) is 6.16. The second kappa shape index (κ2) is 5.83. The number of amides is 2. The van der Waals surface area contributed by atoms with Crippen molar-refractivity contribution in [2.75, 3.05) is 5.32 Å². The van der Waals surface area contributed by atoms with Crippen LogP contribution in [-0.4, -0.2) is 22.8 Å². The largest absolute Gasteiger partial charge is 0.344 e. The van der Waals surface area contributed by atoms with E-state index in [9.17, 15) is 9.59 Å². The van der Waals surface area contributed by atoms with E-state index >= 15 is 0 Å². The number of hydrogen-bond donors (Lipinski definition) is 2. The first-order valence-electron chi connectivity index (χ1n) is 6.44. The number of carbonyl (C=O) groups excluding carboxylic acids is 2. The number of thiazole rings is 1. The van der Waals surface area contributed by atoms with Crippen molar-refractivity contribution in [1.82, 2.24) is 10.3 Å². The molecular weight excluding hydrogens is 310 g/mol.